The molecule has 0 saturated heterocycles. The summed E-state index contributed by atoms with van der Waals surface area (Å²) in [4.78, 5) is 12.7. The fourth-order valence-corrected chi connectivity index (χ4v) is 4.98. The molecule has 1 aliphatic heterocycles. The molecule has 3 aromatic rings. The molecule has 0 aliphatic carbocycles. The van der Waals surface area contributed by atoms with Gasteiger partial charge < -0.3 is 5.32 Å². The van der Waals surface area contributed by atoms with Crippen molar-refractivity contribution >= 4 is 38.8 Å². The first-order valence-corrected chi connectivity index (χ1v) is 11.1. The van der Waals surface area contributed by atoms with Crippen molar-refractivity contribution in [3.63, 3.8) is 0 Å². The molecular weight excluding hydrogens is 420 g/mol. The number of nitrogens with zero attached hydrogens (tertiary/aromatic N) is 1. The minimum atomic E-state index is -4.07. The Hall–Kier alpha value is -3.09. The Labute approximate surface area is 180 Å². The summed E-state index contributed by atoms with van der Waals surface area (Å²) in [6.07, 6.45) is 1.28. The number of nitrogens with one attached hydrogen (secondary N) is 1. The van der Waals surface area contributed by atoms with Crippen molar-refractivity contribution in [1.82, 2.24) is 0 Å². The van der Waals surface area contributed by atoms with Crippen molar-refractivity contribution in [3.8, 4) is 0 Å². The van der Waals surface area contributed by atoms with Gasteiger partial charge in [0.25, 0.3) is 10.0 Å². The Bertz CT molecular complexity index is 1250. The van der Waals surface area contributed by atoms with Crippen LogP contribution in [-0.2, 0) is 16.6 Å². The summed E-state index contributed by atoms with van der Waals surface area (Å²) in [5.41, 5.74) is 3.20. The van der Waals surface area contributed by atoms with Crippen molar-refractivity contribution in [2.45, 2.75) is 13.5 Å². The van der Waals surface area contributed by atoms with E-state index in [0.717, 1.165) is 11.1 Å². The summed E-state index contributed by atoms with van der Waals surface area (Å²) in [6, 6.07) is 21.2. The maximum absolute atomic E-state index is 13.4. The maximum Gasteiger partial charge on any atom is 0.270 e. The van der Waals surface area contributed by atoms with Crippen LogP contribution in [0.2, 0.25) is 5.02 Å². The summed E-state index contributed by atoms with van der Waals surface area (Å²) in [7, 11) is -4.07. The van der Waals surface area contributed by atoms with E-state index in [0.29, 0.717) is 22.0 Å². The Morgan fingerprint density at radius 1 is 1.00 bits per heavy atom. The Morgan fingerprint density at radius 2 is 1.73 bits per heavy atom. The topological polar surface area (TPSA) is 66.5 Å². The first kappa shape index (κ1) is 20.2. The Kier molecular flexibility index (Phi) is 5.37. The van der Waals surface area contributed by atoms with Gasteiger partial charge in [0.15, 0.2) is 4.91 Å². The van der Waals surface area contributed by atoms with Gasteiger partial charge in [-0.1, -0.05) is 48.0 Å². The molecule has 0 saturated carbocycles. The number of hydrogen-bond donors (Lipinski definition) is 1. The van der Waals surface area contributed by atoms with E-state index in [4.69, 9.17) is 11.6 Å². The third-order valence-electron chi connectivity index (χ3n) is 4.84. The summed E-state index contributed by atoms with van der Waals surface area (Å²) in [6.45, 7) is 2.02. The van der Waals surface area contributed by atoms with E-state index in [9.17, 15) is 13.2 Å². The molecular formula is C23H19ClN2O3S. The van der Waals surface area contributed by atoms with Crippen LogP contribution < -0.4 is 9.62 Å². The number of halogens is 1. The van der Waals surface area contributed by atoms with E-state index in [1.807, 2.05) is 31.2 Å². The number of carbonyl (C=O) groups excluding carboxylic acids is 1. The molecule has 30 heavy (non-hydrogen) atoms. The lowest BCUT2D eigenvalue weighted by Crippen LogP contribution is -2.39. The molecule has 5 nitrogen and oxygen atoms in total. The van der Waals surface area contributed by atoms with Gasteiger partial charge in [0.1, 0.15) is 0 Å². The van der Waals surface area contributed by atoms with Crippen LogP contribution in [0.15, 0.2) is 83.9 Å². The molecule has 4 rings (SSSR count). The van der Waals surface area contributed by atoms with E-state index >= 15 is 0 Å². The Balaban J connectivity index is 1.77. The molecule has 1 heterocycles. The molecule has 152 valence electrons. The normalized spacial score (nSPS) is 16.4. The quantitative estimate of drug-likeness (QED) is 0.573. The number of sulfonamides is 1. The zero-order valence-corrected chi connectivity index (χ0v) is 17.7. The largest absolute Gasteiger partial charge is 0.360 e. The number of hydrogen-bond acceptors (Lipinski definition) is 4. The van der Waals surface area contributed by atoms with Crippen molar-refractivity contribution in [2.75, 3.05) is 9.62 Å². The number of benzene rings is 3. The van der Waals surface area contributed by atoms with Crippen LogP contribution in [0, 0.1) is 6.92 Å². The lowest BCUT2D eigenvalue weighted by molar-refractivity contribution is 0.104. The van der Waals surface area contributed by atoms with Crippen LogP contribution >= 0.6 is 11.6 Å². The number of anilines is 2. The minimum Gasteiger partial charge on any atom is -0.360 e. The molecule has 0 aromatic heterocycles. The van der Waals surface area contributed by atoms with Crippen LogP contribution in [0.3, 0.4) is 0 Å². The number of carbonyl (C=O) groups is 1. The number of aryl methyl sites for hydroxylation is 1. The maximum atomic E-state index is 13.4. The summed E-state index contributed by atoms with van der Waals surface area (Å²) < 4.78 is 28.1. The molecule has 1 N–H and O–H groups in total. The van der Waals surface area contributed by atoms with Crippen LogP contribution in [0.1, 0.15) is 21.5 Å². The molecule has 0 fully saturated rings. The predicted octanol–water partition coefficient (Wildman–Crippen LogP) is 5.13. The van der Waals surface area contributed by atoms with Crippen LogP contribution in [0.25, 0.3) is 0 Å². The number of rotatable bonds is 4. The van der Waals surface area contributed by atoms with Crippen LogP contribution in [0.5, 0.6) is 0 Å². The van der Waals surface area contributed by atoms with Gasteiger partial charge in [0.05, 0.1) is 12.2 Å². The minimum absolute atomic E-state index is 0.0889. The molecule has 0 unspecified atom stereocenters. The van der Waals surface area contributed by atoms with E-state index in [1.54, 1.807) is 48.5 Å². The number of fused-ring (bicyclic) bond motifs is 1. The van der Waals surface area contributed by atoms with E-state index < -0.39 is 15.8 Å². The zero-order valence-electron chi connectivity index (χ0n) is 16.2. The fraction of sp³-hybridized carbons (Fsp3) is 0.0870. The number of ketones is 1. The van der Waals surface area contributed by atoms with E-state index in [2.05, 4.69) is 5.32 Å². The van der Waals surface area contributed by atoms with Crippen molar-refractivity contribution in [3.05, 3.63) is 106 Å². The van der Waals surface area contributed by atoms with Gasteiger partial charge >= 0.3 is 0 Å². The third kappa shape index (κ3) is 3.84. The SMILES string of the molecule is Cc1cccc(N/C=C2/C(=O)c3ccccc3N(Cc3ccc(Cl)cc3)S2(=O)=O)c1. The lowest BCUT2D eigenvalue weighted by atomic mass is 10.1. The second-order valence-electron chi connectivity index (χ2n) is 7.01. The molecule has 1 aliphatic rings. The van der Waals surface area contributed by atoms with Gasteiger partial charge in [-0.15, -0.1) is 0 Å². The molecule has 0 atom stereocenters. The van der Waals surface area contributed by atoms with Crippen molar-refractivity contribution < 1.29 is 13.2 Å². The van der Waals surface area contributed by atoms with Gasteiger partial charge in [-0.3, -0.25) is 9.10 Å². The third-order valence-corrected chi connectivity index (χ3v) is 6.85. The highest BCUT2D eigenvalue weighted by molar-refractivity contribution is 7.97. The lowest BCUT2D eigenvalue weighted by Gasteiger charge is -2.31. The highest BCUT2D eigenvalue weighted by Gasteiger charge is 2.40. The van der Waals surface area contributed by atoms with Gasteiger partial charge in [-0.25, -0.2) is 8.42 Å². The van der Waals surface area contributed by atoms with Gasteiger partial charge in [-0.05, 0) is 54.4 Å². The summed E-state index contributed by atoms with van der Waals surface area (Å²) >= 11 is 5.95. The van der Waals surface area contributed by atoms with Crippen LogP contribution in [-0.4, -0.2) is 14.2 Å². The predicted molar refractivity (Wildman–Crippen MR) is 120 cm³/mol. The molecule has 0 spiro atoms. The monoisotopic (exact) mass is 438 g/mol. The average molecular weight is 439 g/mol. The molecule has 3 aromatic carbocycles. The van der Waals surface area contributed by atoms with Crippen molar-refractivity contribution in [1.29, 1.82) is 0 Å². The summed E-state index contributed by atoms with van der Waals surface area (Å²) in [5, 5.41) is 3.53. The molecule has 0 radical (unpaired) electrons. The van der Waals surface area contributed by atoms with Gasteiger partial charge in [0.2, 0.25) is 5.78 Å². The number of para-hydroxylation sites is 1. The molecule has 7 heteroatoms. The molecule has 0 amide bonds. The standard InChI is InChI=1S/C23H19ClN2O3S/c1-16-5-4-6-19(13-16)25-14-22-23(27)20-7-2-3-8-21(20)26(30(22,28)29)15-17-9-11-18(24)12-10-17/h2-14,25H,15H2,1H3/b22-14-. The highest BCUT2D eigenvalue weighted by Crippen LogP contribution is 2.36. The first-order valence-electron chi connectivity index (χ1n) is 9.30. The fourth-order valence-electron chi connectivity index (χ4n) is 3.33. The second kappa shape index (κ2) is 7.97. The van der Waals surface area contributed by atoms with Crippen LogP contribution in [0.4, 0.5) is 11.4 Å². The van der Waals surface area contributed by atoms with Gasteiger partial charge in [-0.2, -0.15) is 0 Å². The second-order valence-corrected chi connectivity index (χ2v) is 9.27. The first-order chi connectivity index (χ1) is 14.4. The van der Waals surface area contributed by atoms with E-state index in [1.165, 1.54) is 10.5 Å². The number of allylic oxidation sites excluding steroid dienone is 1. The Morgan fingerprint density at radius 3 is 2.47 bits per heavy atom. The molecule has 0 bridgehead atoms. The highest BCUT2D eigenvalue weighted by atomic mass is 35.5. The number of Topliss-reactive ketones (excluding diaryl/α,β-unsaturated/α-hetero) is 1. The smallest absolute Gasteiger partial charge is 0.270 e. The summed E-state index contributed by atoms with van der Waals surface area (Å²) in [5.74, 6) is -0.530. The van der Waals surface area contributed by atoms with Gasteiger partial charge in [0, 0.05) is 22.5 Å². The average Bonchev–Trinajstić information content (AvgIpc) is 2.72. The van der Waals surface area contributed by atoms with Crippen molar-refractivity contribution in [2.24, 2.45) is 0 Å². The zero-order chi connectivity index (χ0) is 21.3. The van der Waals surface area contributed by atoms with E-state index in [-0.39, 0.29) is 11.4 Å².